The van der Waals surface area contributed by atoms with Crippen LogP contribution >= 0.6 is 0 Å². The molecule has 0 atom stereocenters. The second-order valence-corrected chi connectivity index (χ2v) is 9.30. The van der Waals surface area contributed by atoms with E-state index in [0.29, 0.717) is 30.4 Å². The van der Waals surface area contributed by atoms with Crippen LogP contribution in [0.25, 0.3) is 21.9 Å². The summed E-state index contributed by atoms with van der Waals surface area (Å²) in [6, 6.07) is 11.5. The van der Waals surface area contributed by atoms with Gasteiger partial charge in [0.2, 0.25) is 0 Å². The Morgan fingerprint density at radius 2 is 1.32 bits per heavy atom. The molecule has 0 aliphatic rings. The Hall–Kier alpha value is -3.66. The molecule has 0 N–H and O–H groups in total. The van der Waals surface area contributed by atoms with E-state index in [0.717, 1.165) is 12.1 Å². The lowest BCUT2D eigenvalue weighted by atomic mass is 9.95. The predicted octanol–water partition coefficient (Wildman–Crippen LogP) is 8.51. The molecule has 0 fully saturated rings. The summed E-state index contributed by atoms with van der Waals surface area (Å²) in [6.07, 6.45) is -3.69. The number of methoxy groups -OCH3 is 1. The third-order valence-corrected chi connectivity index (χ3v) is 6.36. The lowest BCUT2D eigenvalue weighted by Gasteiger charge is -2.13. The Bertz CT molecular complexity index is 1470. The van der Waals surface area contributed by atoms with E-state index in [4.69, 9.17) is 4.74 Å². The van der Waals surface area contributed by atoms with Gasteiger partial charge in [-0.15, -0.1) is 0 Å². The lowest BCUT2D eigenvalue weighted by Crippen LogP contribution is -2.20. The molecule has 0 aliphatic carbocycles. The van der Waals surface area contributed by atoms with Gasteiger partial charge in [-0.1, -0.05) is 24.3 Å². The Labute approximate surface area is 225 Å². The van der Waals surface area contributed by atoms with Crippen LogP contribution in [0.4, 0.5) is 35.1 Å². The highest BCUT2D eigenvalue weighted by Crippen LogP contribution is 2.32. The smallest absolute Gasteiger partial charge is 0.422 e. The maximum atomic E-state index is 15.3. The van der Waals surface area contributed by atoms with Gasteiger partial charge in [0.25, 0.3) is 0 Å². The van der Waals surface area contributed by atoms with Gasteiger partial charge in [0.05, 0.1) is 5.56 Å². The maximum absolute atomic E-state index is 15.3. The molecule has 4 aromatic rings. The molecule has 40 heavy (non-hydrogen) atoms. The van der Waals surface area contributed by atoms with Crippen molar-refractivity contribution in [3.05, 3.63) is 100 Å². The number of halogens is 8. The van der Waals surface area contributed by atoms with E-state index < -0.39 is 47.6 Å². The van der Waals surface area contributed by atoms with Crippen LogP contribution in [0.2, 0.25) is 0 Å². The van der Waals surface area contributed by atoms with Crippen LogP contribution in [0.1, 0.15) is 23.1 Å². The van der Waals surface area contributed by atoms with Crippen LogP contribution in [0.3, 0.4) is 0 Å². The summed E-state index contributed by atoms with van der Waals surface area (Å²) in [7, 11) is 1.54. The first kappa shape index (κ1) is 29.3. The topological polar surface area (TPSA) is 18.5 Å². The molecule has 0 amide bonds. The average molecular weight is 569 g/mol. The van der Waals surface area contributed by atoms with E-state index in [2.05, 4.69) is 4.74 Å². The zero-order valence-electron chi connectivity index (χ0n) is 21.3. The number of hydrogen-bond acceptors (Lipinski definition) is 2. The molecule has 0 saturated heterocycles. The highest BCUT2D eigenvalue weighted by Gasteiger charge is 2.30. The summed E-state index contributed by atoms with van der Waals surface area (Å²) in [5.41, 5.74) is 0.818. The molecule has 0 saturated carbocycles. The molecular weight excluding hydrogens is 544 g/mol. The predicted molar refractivity (Wildman–Crippen MR) is 135 cm³/mol. The van der Waals surface area contributed by atoms with Crippen molar-refractivity contribution in [2.75, 3.05) is 20.3 Å². The molecule has 0 spiro atoms. The summed E-state index contributed by atoms with van der Waals surface area (Å²) in [5.74, 6) is -5.82. The van der Waals surface area contributed by atoms with Gasteiger partial charge in [0, 0.05) is 19.1 Å². The van der Waals surface area contributed by atoms with Crippen LogP contribution in [-0.4, -0.2) is 26.5 Å². The summed E-state index contributed by atoms with van der Waals surface area (Å²) in [5, 5.41) is 0.580. The summed E-state index contributed by atoms with van der Waals surface area (Å²) in [6.45, 7) is -1.38. The molecule has 4 rings (SSSR count). The van der Waals surface area contributed by atoms with Crippen molar-refractivity contribution < 1.29 is 44.6 Å². The van der Waals surface area contributed by atoms with Gasteiger partial charge in [-0.05, 0) is 83.7 Å². The van der Waals surface area contributed by atoms with Crippen LogP contribution in [0.15, 0.2) is 54.6 Å². The van der Waals surface area contributed by atoms with Crippen molar-refractivity contribution in [2.24, 2.45) is 0 Å². The second kappa shape index (κ2) is 12.2. The molecule has 10 heteroatoms. The van der Waals surface area contributed by atoms with Crippen molar-refractivity contribution in [3.63, 3.8) is 0 Å². The van der Waals surface area contributed by atoms with Crippen molar-refractivity contribution in [2.45, 2.75) is 31.9 Å². The molecule has 2 nitrogen and oxygen atoms in total. The summed E-state index contributed by atoms with van der Waals surface area (Å²) >= 11 is 0. The minimum Gasteiger partial charge on any atom is -0.478 e. The number of alkyl halides is 3. The fourth-order valence-electron chi connectivity index (χ4n) is 4.48. The van der Waals surface area contributed by atoms with Crippen LogP contribution in [0.5, 0.6) is 5.75 Å². The molecule has 0 aliphatic heterocycles. The SMILES string of the molecule is COCCCc1cc(F)c(-c2ccc3c(F)c(CCc4cc(F)c(OCC(F)(F)F)c(F)c4)ccc3c2)c(F)c1. The fraction of sp³-hybridized carbons (Fsp3) is 0.267. The van der Waals surface area contributed by atoms with E-state index >= 15 is 4.39 Å². The molecular formula is C30H24F8O2. The van der Waals surface area contributed by atoms with E-state index in [1.165, 1.54) is 36.4 Å². The number of aryl methyl sites for hydroxylation is 3. The first-order valence-electron chi connectivity index (χ1n) is 12.3. The lowest BCUT2D eigenvalue weighted by molar-refractivity contribution is -0.154. The minimum atomic E-state index is -4.76. The van der Waals surface area contributed by atoms with Crippen LogP contribution < -0.4 is 4.74 Å². The summed E-state index contributed by atoms with van der Waals surface area (Å²) < 4.78 is 119. The van der Waals surface area contributed by atoms with E-state index in [1.54, 1.807) is 13.2 Å². The Balaban J connectivity index is 1.52. The van der Waals surface area contributed by atoms with Crippen LogP contribution in [0, 0.1) is 29.1 Å². The van der Waals surface area contributed by atoms with Crippen LogP contribution in [-0.2, 0) is 24.0 Å². The van der Waals surface area contributed by atoms with Crippen molar-refractivity contribution >= 4 is 10.8 Å². The summed E-state index contributed by atoms with van der Waals surface area (Å²) in [4.78, 5) is 0. The van der Waals surface area contributed by atoms with E-state index in [9.17, 15) is 30.7 Å². The normalized spacial score (nSPS) is 11.8. The van der Waals surface area contributed by atoms with Gasteiger partial charge in [0.1, 0.15) is 17.5 Å². The van der Waals surface area contributed by atoms with Gasteiger partial charge in [-0.3, -0.25) is 0 Å². The van der Waals surface area contributed by atoms with Gasteiger partial charge >= 0.3 is 6.18 Å². The van der Waals surface area contributed by atoms with Gasteiger partial charge in [0.15, 0.2) is 24.0 Å². The average Bonchev–Trinajstić information content (AvgIpc) is 2.87. The first-order valence-corrected chi connectivity index (χ1v) is 12.3. The van der Waals surface area contributed by atoms with Crippen molar-refractivity contribution in [3.8, 4) is 16.9 Å². The number of ether oxygens (including phenoxy) is 2. The maximum Gasteiger partial charge on any atom is 0.422 e. The molecule has 0 aromatic heterocycles. The zero-order chi connectivity index (χ0) is 29.0. The van der Waals surface area contributed by atoms with Gasteiger partial charge in [-0.2, -0.15) is 13.2 Å². The first-order chi connectivity index (χ1) is 19.0. The third-order valence-electron chi connectivity index (χ3n) is 6.36. The largest absolute Gasteiger partial charge is 0.478 e. The quantitative estimate of drug-likeness (QED) is 0.141. The van der Waals surface area contributed by atoms with E-state index in [1.807, 2.05) is 0 Å². The number of rotatable bonds is 10. The molecule has 0 unspecified atom stereocenters. The minimum absolute atomic E-state index is 0.0128. The standard InChI is InChI=1S/C30H24F8O2/c1-39-10-2-3-17-11-23(31)27(24(32)12-17)21-8-9-22-20(15-21)7-6-19(28(22)35)5-4-18-13-25(33)29(26(34)14-18)40-16-30(36,37)38/h6-9,11-15H,2-5,10,16H2,1H3. The molecule has 0 heterocycles. The Morgan fingerprint density at radius 3 is 1.95 bits per heavy atom. The Kier molecular flexibility index (Phi) is 8.98. The van der Waals surface area contributed by atoms with Crippen molar-refractivity contribution in [1.82, 2.24) is 0 Å². The monoisotopic (exact) mass is 568 g/mol. The third kappa shape index (κ3) is 6.91. The molecule has 0 radical (unpaired) electrons. The van der Waals surface area contributed by atoms with Gasteiger partial charge < -0.3 is 9.47 Å². The number of hydrogen-bond donors (Lipinski definition) is 0. The highest BCUT2D eigenvalue weighted by molar-refractivity contribution is 5.88. The van der Waals surface area contributed by atoms with Gasteiger partial charge in [-0.25, -0.2) is 22.0 Å². The number of fused-ring (bicyclic) bond motifs is 1. The number of benzene rings is 4. The second-order valence-electron chi connectivity index (χ2n) is 9.30. The highest BCUT2D eigenvalue weighted by atomic mass is 19.4. The van der Waals surface area contributed by atoms with Crippen molar-refractivity contribution in [1.29, 1.82) is 0 Å². The van der Waals surface area contributed by atoms with E-state index in [-0.39, 0.29) is 40.5 Å². The molecule has 212 valence electrons. The molecule has 4 aromatic carbocycles. The fourth-order valence-corrected chi connectivity index (χ4v) is 4.48. The zero-order valence-corrected chi connectivity index (χ0v) is 21.3. The molecule has 0 bridgehead atoms. The Morgan fingerprint density at radius 1 is 0.700 bits per heavy atom.